The number of carbonyl (C=O) groups excluding carboxylic acids is 1. The van der Waals surface area contributed by atoms with Gasteiger partial charge in [-0.1, -0.05) is 24.3 Å². The van der Waals surface area contributed by atoms with Gasteiger partial charge in [0.2, 0.25) is 10.0 Å². The van der Waals surface area contributed by atoms with Gasteiger partial charge in [-0.25, -0.2) is 13.1 Å². The number of hydrogen-bond acceptors (Lipinski definition) is 4. The van der Waals surface area contributed by atoms with Crippen molar-refractivity contribution < 1.29 is 13.2 Å². The molecule has 1 amide bonds. The number of sulfonamides is 1. The Labute approximate surface area is 154 Å². The van der Waals surface area contributed by atoms with E-state index in [1.807, 2.05) is 23.6 Å². The molecule has 130 valence electrons. The molecule has 0 bridgehead atoms. The summed E-state index contributed by atoms with van der Waals surface area (Å²) in [5.41, 5.74) is 1.46. The van der Waals surface area contributed by atoms with E-state index < -0.39 is 10.0 Å². The number of hydrogen-bond donors (Lipinski definition) is 2. The van der Waals surface area contributed by atoms with Crippen molar-refractivity contribution in [3.63, 3.8) is 0 Å². The number of nitrogens with one attached hydrogen (secondary N) is 2. The van der Waals surface area contributed by atoms with Crippen LogP contribution in [0.4, 0.5) is 0 Å². The van der Waals surface area contributed by atoms with Crippen molar-refractivity contribution in [1.29, 1.82) is 0 Å². The van der Waals surface area contributed by atoms with Crippen LogP contribution >= 0.6 is 27.3 Å². The molecule has 2 rings (SSSR count). The minimum atomic E-state index is -3.41. The summed E-state index contributed by atoms with van der Waals surface area (Å²) in [5.74, 6) is -0.297. The van der Waals surface area contributed by atoms with Gasteiger partial charge >= 0.3 is 0 Å². The van der Waals surface area contributed by atoms with Crippen molar-refractivity contribution in [2.24, 2.45) is 0 Å². The molecule has 8 heteroatoms. The van der Waals surface area contributed by atoms with Crippen molar-refractivity contribution in [3.8, 4) is 0 Å². The van der Waals surface area contributed by atoms with Gasteiger partial charge in [0.25, 0.3) is 5.91 Å². The Bertz CT molecular complexity index is 816. The Hall–Kier alpha value is -1.22. The smallest absolute Gasteiger partial charge is 0.262 e. The molecule has 0 fully saturated rings. The van der Waals surface area contributed by atoms with Gasteiger partial charge in [-0.2, -0.15) is 0 Å². The lowest BCUT2D eigenvalue weighted by Crippen LogP contribution is -2.31. The summed E-state index contributed by atoms with van der Waals surface area (Å²) in [4.78, 5) is 12.8. The highest BCUT2D eigenvalue weighted by molar-refractivity contribution is 9.10. The van der Waals surface area contributed by atoms with Crippen LogP contribution in [0, 0.1) is 0 Å². The van der Waals surface area contributed by atoms with Crippen LogP contribution in [-0.2, 0) is 22.3 Å². The van der Waals surface area contributed by atoms with Crippen LogP contribution < -0.4 is 10.0 Å². The van der Waals surface area contributed by atoms with E-state index in [2.05, 4.69) is 26.0 Å². The predicted octanol–water partition coefficient (Wildman–Crippen LogP) is 3.27. The van der Waals surface area contributed by atoms with Crippen molar-refractivity contribution in [2.45, 2.75) is 32.2 Å². The maximum Gasteiger partial charge on any atom is 0.262 e. The van der Waals surface area contributed by atoms with E-state index in [-0.39, 0.29) is 24.2 Å². The minimum absolute atomic E-state index is 0.111. The lowest BCUT2D eigenvalue weighted by atomic mass is 10.1. The van der Waals surface area contributed by atoms with Gasteiger partial charge in [-0.15, -0.1) is 11.3 Å². The van der Waals surface area contributed by atoms with Crippen molar-refractivity contribution in [2.75, 3.05) is 0 Å². The van der Waals surface area contributed by atoms with E-state index in [1.165, 1.54) is 11.3 Å². The van der Waals surface area contributed by atoms with Crippen LogP contribution in [-0.4, -0.2) is 20.4 Å². The third kappa shape index (κ3) is 5.41. The van der Waals surface area contributed by atoms with Gasteiger partial charge in [0.15, 0.2) is 0 Å². The van der Waals surface area contributed by atoms with Crippen LogP contribution in [0.1, 0.15) is 34.6 Å². The van der Waals surface area contributed by atoms with Crippen LogP contribution in [0.3, 0.4) is 0 Å². The standard InChI is InChI=1S/C16H19BrN2O3S2/c1-11(2)19-24(21,22)10-13-6-4-3-5-12(13)9-18-16(20)15-14(17)7-8-23-15/h3-8,11,19H,9-10H2,1-2H3,(H,18,20). The maximum atomic E-state index is 12.2. The number of amides is 1. The molecule has 2 N–H and O–H groups in total. The zero-order valence-electron chi connectivity index (χ0n) is 13.4. The lowest BCUT2D eigenvalue weighted by Gasteiger charge is -2.13. The van der Waals surface area contributed by atoms with Crippen LogP contribution in [0.25, 0.3) is 0 Å². The molecule has 0 saturated heterocycles. The number of carbonyl (C=O) groups is 1. The first-order valence-corrected chi connectivity index (χ1v) is 10.7. The molecule has 1 aromatic heterocycles. The van der Waals surface area contributed by atoms with E-state index in [0.29, 0.717) is 10.4 Å². The fraction of sp³-hybridized carbons (Fsp3) is 0.312. The minimum Gasteiger partial charge on any atom is -0.347 e. The second kappa shape index (κ2) is 8.24. The van der Waals surface area contributed by atoms with E-state index in [9.17, 15) is 13.2 Å². The molecule has 0 unspecified atom stereocenters. The van der Waals surface area contributed by atoms with Crippen LogP contribution in [0.15, 0.2) is 40.2 Å². The average molecular weight is 431 g/mol. The fourth-order valence-electron chi connectivity index (χ4n) is 2.19. The normalized spacial score (nSPS) is 11.7. The van der Waals surface area contributed by atoms with Gasteiger partial charge in [0.1, 0.15) is 4.88 Å². The maximum absolute atomic E-state index is 12.2. The molecule has 0 radical (unpaired) electrons. The van der Waals surface area contributed by atoms with Crippen molar-refractivity contribution in [3.05, 3.63) is 56.2 Å². The quantitative estimate of drug-likeness (QED) is 0.707. The van der Waals surface area contributed by atoms with E-state index >= 15 is 0 Å². The SMILES string of the molecule is CC(C)NS(=O)(=O)Cc1ccccc1CNC(=O)c1sccc1Br. The Balaban J connectivity index is 2.09. The van der Waals surface area contributed by atoms with Gasteiger partial charge in [0.05, 0.1) is 5.75 Å². The first kappa shape index (κ1) is 19.1. The van der Waals surface area contributed by atoms with Crippen molar-refractivity contribution in [1.82, 2.24) is 10.0 Å². The third-order valence-electron chi connectivity index (χ3n) is 3.14. The van der Waals surface area contributed by atoms with Gasteiger partial charge in [0, 0.05) is 17.1 Å². The van der Waals surface area contributed by atoms with E-state index in [4.69, 9.17) is 0 Å². The first-order chi connectivity index (χ1) is 11.3. The van der Waals surface area contributed by atoms with E-state index in [1.54, 1.807) is 26.0 Å². The highest BCUT2D eigenvalue weighted by Crippen LogP contribution is 2.22. The van der Waals surface area contributed by atoms with Gasteiger partial charge in [-0.3, -0.25) is 4.79 Å². The summed E-state index contributed by atoms with van der Waals surface area (Å²) >= 11 is 4.68. The monoisotopic (exact) mass is 430 g/mol. The lowest BCUT2D eigenvalue weighted by molar-refractivity contribution is 0.0954. The molecule has 0 saturated carbocycles. The highest BCUT2D eigenvalue weighted by Gasteiger charge is 2.16. The first-order valence-electron chi connectivity index (χ1n) is 7.36. The molecule has 1 aromatic carbocycles. The summed E-state index contributed by atoms with van der Waals surface area (Å²) in [5, 5.41) is 4.67. The molecule has 5 nitrogen and oxygen atoms in total. The number of thiophene rings is 1. The van der Waals surface area contributed by atoms with E-state index in [0.717, 1.165) is 10.0 Å². The average Bonchev–Trinajstić information content (AvgIpc) is 2.90. The Morgan fingerprint density at radius 3 is 2.46 bits per heavy atom. The number of benzene rings is 1. The number of rotatable bonds is 7. The topological polar surface area (TPSA) is 75.3 Å². The molecule has 0 atom stereocenters. The fourth-order valence-corrected chi connectivity index (χ4v) is 5.15. The molecular weight excluding hydrogens is 412 g/mol. The second-order valence-electron chi connectivity index (χ2n) is 5.58. The van der Waals surface area contributed by atoms with Crippen molar-refractivity contribution >= 4 is 43.2 Å². The molecule has 1 heterocycles. The summed E-state index contributed by atoms with van der Waals surface area (Å²) in [6.07, 6.45) is 0. The highest BCUT2D eigenvalue weighted by atomic mass is 79.9. The zero-order chi connectivity index (χ0) is 17.7. The molecule has 2 aromatic rings. The van der Waals surface area contributed by atoms with Crippen LogP contribution in [0.5, 0.6) is 0 Å². The molecule has 0 aliphatic heterocycles. The summed E-state index contributed by atoms with van der Waals surface area (Å²) in [6, 6.07) is 8.87. The second-order valence-corrected chi connectivity index (χ2v) is 9.11. The summed E-state index contributed by atoms with van der Waals surface area (Å²) in [6.45, 7) is 3.83. The number of halogens is 1. The molecular formula is C16H19BrN2O3S2. The summed E-state index contributed by atoms with van der Waals surface area (Å²) < 4.78 is 27.6. The molecule has 0 aliphatic carbocycles. The Kier molecular flexibility index (Phi) is 6.56. The Morgan fingerprint density at radius 1 is 1.21 bits per heavy atom. The molecule has 0 aliphatic rings. The molecule has 24 heavy (non-hydrogen) atoms. The third-order valence-corrected chi connectivity index (χ3v) is 6.50. The zero-order valence-corrected chi connectivity index (χ0v) is 16.6. The van der Waals surface area contributed by atoms with Gasteiger partial charge in [-0.05, 0) is 52.4 Å². The van der Waals surface area contributed by atoms with Gasteiger partial charge < -0.3 is 5.32 Å². The van der Waals surface area contributed by atoms with Crippen LogP contribution in [0.2, 0.25) is 0 Å². The molecule has 0 spiro atoms. The summed E-state index contributed by atoms with van der Waals surface area (Å²) in [7, 11) is -3.41. The largest absolute Gasteiger partial charge is 0.347 e. The Morgan fingerprint density at radius 2 is 1.88 bits per heavy atom. The predicted molar refractivity (Wildman–Crippen MR) is 101 cm³/mol.